The Morgan fingerprint density at radius 1 is 1.17 bits per heavy atom. The van der Waals surface area contributed by atoms with Crippen molar-refractivity contribution < 1.29 is 4.74 Å². The zero-order valence-electron chi connectivity index (χ0n) is 9.56. The van der Waals surface area contributed by atoms with Crippen LogP contribution in [0, 0.1) is 0 Å². The second-order valence-electron chi connectivity index (χ2n) is 5.19. The Morgan fingerprint density at radius 2 is 1.58 bits per heavy atom. The average molecular weight is 189 g/mol. The summed E-state index contributed by atoms with van der Waals surface area (Å²) < 4.78 is 7.69. The Balaban J connectivity index is 4.45. The molecule has 3 heteroatoms. The first kappa shape index (κ1) is 12.1. The van der Waals surface area contributed by atoms with E-state index in [0.717, 1.165) is 6.73 Å². The summed E-state index contributed by atoms with van der Waals surface area (Å²) in [5.41, 5.74) is 0.223. The van der Waals surface area contributed by atoms with Gasteiger partial charge in [0.1, 0.15) is 8.24 Å². The Hall–Kier alpha value is 0.137. The second-order valence-corrected chi connectivity index (χ2v) is 10.1. The third-order valence-corrected chi connectivity index (χ3v) is 4.30. The molecule has 0 bridgehead atoms. The van der Waals surface area contributed by atoms with Crippen LogP contribution in [0.15, 0.2) is 0 Å². The molecule has 0 aromatic carbocycles. The lowest BCUT2D eigenvalue weighted by Crippen LogP contribution is -2.56. The SMILES string of the molecule is COCN(C(C)(C)C)[Si](C)(C)C. The van der Waals surface area contributed by atoms with Crippen LogP contribution < -0.4 is 0 Å². The van der Waals surface area contributed by atoms with E-state index < -0.39 is 8.24 Å². The Morgan fingerprint density at radius 3 is 1.67 bits per heavy atom. The van der Waals surface area contributed by atoms with Crippen molar-refractivity contribution in [3.63, 3.8) is 0 Å². The summed E-state index contributed by atoms with van der Waals surface area (Å²) in [7, 11) is 0.528. The number of hydrogen-bond donors (Lipinski definition) is 0. The Labute approximate surface area is 78.0 Å². The first-order chi connectivity index (χ1) is 5.19. The van der Waals surface area contributed by atoms with Gasteiger partial charge in [-0.15, -0.1) is 0 Å². The van der Waals surface area contributed by atoms with E-state index >= 15 is 0 Å². The van der Waals surface area contributed by atoms with Gasteiger partial charge in [-0.2, -0.15) is 0 Å². The van der Waals surface area contributed by atoms with Crippen LogP contribution in [-0.4, -0.2) is 32.2 Å². The molecule has 2 nitrogen and oxygen atoms in total. The topological polar surface area (TPSA) is 12.5 Å². The highest BCUT2D eigenvalue weighted by Crippen LogP contribution is 2.21. The molecule has 0 saturated carbocycles. The van der Waals surface area contributed by atoms with Crippen molar-refractivity contribution in [1.29, 1.82) is 0 Å². The summed E-state index contributed by atoms with van der Waals surface area (Å²) in [5, 5.41) is 0. The molecule has 0 fully saturated rings. The highest BCUT2D eigenvalue weighted by atomic mass is 28.3. The van der Waals surface area contributed by atoms with Crippen LogP contribution in [0.3, 0.4) is 0 Å². The van der Waals surface area contributed by atoms with Gasteiger partial charge in [0, 0.05) is 12.6 Å². The van der Waals surface area contributed by atoms with Gasteiger partial charge in [-0.1, -0.05) is 19.6 Å². The van der Waals surface area contributed by atoms with E-state index in [2.05, 4.69) is 45.0 Å². The number of methoxy groups -OCH3 is 1. The summed E-state index contributed by atoms with van der Waals surface area (Å²) in [4.78, 5) is 0. The van der Waals surface area contributed by atoms with Gasteiger partial charge in [0.05, 0.1) is 6.73 Å². The molecule has 0 spiro atoms. The summed E-state index contributed by atoms with van der Waals surface area (Å²) in [5.74, 6) is 0. The molecule has 0 aliphatic heterocycles. The summed E-state index contributed by atoms with van der Waals surface area (Å²) in [6.07, 6.45) is 0. The van der Waals surface area contributed by atoms with Crippen LogP contribution in [-0.2, 0) is 4.74 Å². The van der Waals surface area contributed by atoms with Crippen LogP contribution >= 0.6 is 0 Å². The summed E-state index contributed by atoms with van der Waals surface area (Å²) in [6.45, 7) is 14.5. The molecular weight excluding hydrogens is 166 g/mol. The molecule has 0 atom stereocenters. The van der Waals surface area contributed by atoms with E-state index in [1.54, 1.807) is 7.11 Å². The fourth-order valence-corrected chi connectivity index (χ4v) is 4.05. The predicted octanol–water partition coefficient (Wildman–Crippen LogP) is 2.53. The zero-order chi connectivity index (χ0) is 9.99. The van der Waals surface area contributed by atoms with E-state index in [4.69, 9.17) is 4.74 Å². The van der Waals surface area contributed by atoms with Gasteiger partial charge >= 0.3 is 0 Å². The molecule has 0 rings (SSSR count). The smallest absolute Gasteiger partial charge is 0.122 e. The normalized spacial score (nSPS) is 14.0. The van der Waals surface area contributed by atoms with E-state index in [1.165, 1.54) is 0 Å². The fraction of sp³-hybridized carbons (Fsp3) is 1.00. The number of nitrogens with zero attached hydrogens (tertiary/aromatic N) is 1. The molecule has 74 valence electrons. The summed E-state index contributed by atoms with van der Waals surface area (Å²) in [6, 6.07) is 0. The van der Waals surface area contributed by atoms with Crippen LogP contribution in [0.2, 0.25) is 19.6 Å². The van der Waals surface area contributed by atoms with Crippen molar-refractivity contribution in [2.45, 2.75) is 46.0 Å². The third kappa shape index (κ3) is 3.69. The van der Waals surface area contributed by atoms with Gasteiger partial charge in [-0.05, 0) is 20.8 Å². The molecule has 0 radical (unpaired) electrons. The molecule has 0 saturated heterocycles. The molecule has 0 aliphatic carbocycles. The van der Waals surface area contributed by atoms with Gasteiger partial charge in [0.15, 0.2) is 0 Å². The predicted molar refractivity (Wildman–Crippen MR) is 56.8 cm³/mol. The first-order valence-corrected chi connectivity index (χ1v) is 7.91. The number of rotatable bonds is 3. The monoisotopic (exact) mass is 189 g/mol. The van der Waals surface area contributed by atoms with E-state index in [-0.39, 0.29) is 5.54 Å². The molecule has 0 N–H and O–H groups in total. The minimum Gasteiger partial charge on any atom is -0.370 e. The zero-order valence-corrected chi connectivity index (χ0v) is 10.6. The number of hydrogen-bond acceptors (Lipinski definition) is 2. The van der Waals surface area contributed by atoms with Crippen LogP contribution in [0.4, 0.5) is 0 Å². The van der Waals surface area contributed by atoms with E-state index in [1.807, 2.05) is 0 Å². The lowest BCUT2D eigenvalue weighted by atomic mass is 10.1. The lowest BCUT2D eigenvalue weighted by Gasteiger charge is -2.43. The molecule has 0 aromatic rings. The minimum absolute atomic E-state index is 0.223. The third-order valence-electron chi connectivity index (χ3n) is 1.88. The van der Waals surface area contributed by atoms with E-state index in [0.29, 0.717) is 0 Å². The van der Waals surface area contributed by atoms with Crippen molar-refractivity contribution in [3.8, 4) is 0 Å². The van der Waals surface area contributed by atoms with Gasteiger partial charge in [-0.25, -0.2) is 0 Å². The average Bonchev–Trinajstić information content (AvgIpc) is 1.77. The van der Waals surface area contributed by atoms with Crippen molar-refractivity contribution in [2.75, 3.05) is 13.8 Å². The lowest BCUT2D eigenvalue weighted by molar-refractivity contribution is 0.0626. The van der Waals surface area contributed by atoms with Gasteiger partial charge in [0.25, 0.3) is 0 Å². The van der Waals surface area contributed by atoms with Crippen LogP contribution in [0.1, 0.15) is 20.8 Å². The molecule has 0 aromatic heterocycles. The molecule has 0 unspecified atom stereocenters. The van der Waals surface area contributed by atoms with Crippen LogP contribution in [0.25, 0.3) is 0 Å². The van der Waals surface area contributed by atoms with Crippen molar-refractivity contribution in [2.24, 2.45) is 0 Å². The van der Waals surface area contributed by atoms with Gasteiger partial charge in [0.2, 0.25) is 0 Å². The molecule has 0 aliphatic rings. The quantitative estimate of drug-likeness (QED) is 0.500. The first-order valence-electron chi connectivity index (χ1n) is 4.46. The van der Waals surface area contributed by atoms with Crippen molar-refractivity contribution >= 4 is 8.24 Å². The maximum Gasteiger partial charge on any atom is 0.122 e. The second kappa shape index (κ2) is 3.90. The maximum absolute atomic E-state index is 5.22. The minimum atomic E-state index is -1.23. The fourth-order valence-electron chi connectivity index (χ4n) is 1.52. The highest BCUT2D eigenvalue weighted by molar-refractivity contribution is 6.73. The maximum atomic E-state index is 5.22. The van der Waals surface area contributed by atoms with Crippen LogP contribution in [0.5, 0.6) is 0 Å². The van der Waals surface area contributed by atoms with E-state index in [9.17, 15) is 0 Å². The van der Waals surface area contributed by atoms with Gasteiger partial charge < -0.3 is 4.74 Å². The van der Waals surface area contributed by atoms with Crippen molar-refractivity contribution in [3.05, 3.63) is 0 Å². The molecular formula is C9H23NOSi. The summed E-state index contributed by atoms with van der Waals surface area (Å²) >= 11 is 0. The number of ether oxygens (including phenoxy) is 1. The standard InChI is InChI=1S/C9H23NOSi/c1-9(2,3)10(8-11-4)12(5,6)7/h8H2,1-7H3. The Kier molecular flexibility index (Phi) is 3.94. The molecule has 0 amide bonds. The van der Waals surface area contributed by atoms with Crippen molar-refractivity contribution in [1.82, 2.24) is 4.57 Å². The largest absolute Gasteiger partial charge is 0.370 e. The molecule has 12 heavy (non-hydrogen) atoms. The van der Waals surface area contributed by atoms with Gasteiger partial charge in [-0.3, -0.25) is 4.57 Å². The highest BCUT2D eigenvalue weighted by Gasteiger charge is 2.32. The Bertz CT molecular complexity index is 120. The molecule has 0 heterocycles.